The van der Waals surface area contributed by atoms with Gasteiger partial charge in [0.05, 0.1) is 0 Å². The van der Waals surface area contributed by atoms with Crippen LogP contribution in [0.2, 0.25) is 0 Å². The minimum atomic E-state index is -0.934. The second-order valence-electron chi connectivity index (χ2n) is 3.12. The molecular weight excluding hydrogens is 168 g/mol. The molecule has 1 aliphatic carbocycles. The number of rotatable bonds is 3. The van der Waals surface area contributed by atoms with Gasteiger partial charge in [-0.05, 0) is 25.0 Å². The van der Waals surface area contributed by atoms with E-state index < -0.39 is 5.97 Å². The second kappa shape index (κ2) is 3.05. The van der Waals surface area contributed by atoms with Crippen LogP contribution in [-0.4, -0.2) is 22.1 Å². The van der Waals surface area contributed by atoms with Crippen molar-refractivity contribution in [2.24, 2.45) is 0 Å². The van der Waals surface area contributed by atoms with E-state index in [9.17, 15) is 4.79 Å². The summed E-state index contributed by atoms with van der Waals surface area (Å²) in [7, 11) is 0. The molecule has 0 spiro atoms. The van der Waals surface area contributed by atoms with Crippen LogP contribution in [0, 0.1) is 0 Å². The summed E-state index contributed by atoms with van der Waals surface area (Å²) >= 11 is 0. The monoisotopic (exact) mass is 178 g/mol. The zero-order valence-corrected chi connectivity index (χ0v) is 7.03. The van der Waals surface area contributed by atoms with Crippen LogP contribution in [0.25, 0.3) is 0 Å². The van der Waals surface area contributed by atoms with Gasteiger partial charge in [-0.2, -0.15) is 0 Å². The van der Waals surface area contributed by atoms with Crippen molar-refractivity contribution in [1.29, 1.82) is 0 Å². The molecule has 1 aliphatic rings. The second-order valence-corrected chi connectivity index (χ2v) is 3.12. The summed E-state index contributed by atoms with van der Waals surface area (Å²) in [6.07, 6.45) is 3.81. The van der Waals surface area contributed by atoms with E-state index in [-0.39, 0.29) is 5.56 Å². The molecule has 0 bridgehead atoms. The summed E-state index contributed by atoms with van der Waals surface area (Å²) in [6.45, 7) is 0. The van der Waals surface area contributed by atoms with E-state index in [1.165, 1.54) is 0 Å². The topological polar surface area (TPSA) is 62.2 Å². The van der Waals surface area contributed by atoms with Gasteiger partial charge in [-0.25, -0.2) is 9.78 Å². The van der Waals surface area contributed by atoms with E-state index in [0.717, 1.165) is 12.8 Å². The van der Waals surface area contributed by atoms with Crippen LogP contribution in [0.4, 0.5) is 5.82 Å². The quantitative estimate of drug-likeness (QED) is 0.733. The van der Waals surface area contributed by atoms with Gasteiger partial charge in [-0.3, -0.25) is 0 Å². The van der Waals surface area contributed by atoms with Crippen LogP contribution in [0.15, 0.2) is 18.3 Å². The molecule has 1 saturated carbocycles. The van der Waals surface area contributed by atoms with Crippen molar-refractivity contribution in [3.8, 4) is 0 Å². The first-order valence-electron chi connectivity index (χ1n) is 4.22. The Labute approximate surface area is 75.6 Å². The van der Waals surface area contributed by atoms with Crippen LogP contribution in [-0.2, 0) is 0 Å². The number of nitrogens with one attached hydrogen (secondary N) is 1. The van der Waals surface area contributed by atoms with Crippen molar-refractivity contribution in [3.63, 3.8) is 0 Å². The molecule has 0 amide bonds. The fraction of sp³-hybridized carbons (Fsp3) is 0.333. The van der Waals surface area contributed by atoms with Crippen LogP contribution >= 0.6 is 0 Å². The number of pyridine rings is 1. The summed E-state index contributed by atoms with van der Waals surface area (Å²) in [5.74, 6) is -0.450. The molecule has 0 aliphatic heterocycles. The average Bonchev–Trinajstić information content (AvgIpc) is 2.89. The standard InChI is InChI=1S/C9H10N2O2/c12-9(13)7-2-1-5-10-8(7)11-6-3-4-6/h1-2,5-6H,3-4H2,(H,10,11)(H,12,13). The molecule has 4 nitrogen and oxygen atoms in total. The molecule has 0 radical (unpaired) electrons. The lowest BCUT2D eigenvalue weighted by atomic mass is 10.2. The Hall–Kier alpha value is -1.58. The molecule has 0 unspecified atom stereocenters. The highest BCUT2D eigenvalue weighted by atomic mass is 16.4. The number of aromatic nitrogens is 1. The van der Waals surface area contributed by atoms with Gasteiger partial charge in [0.25, 0.3) is 0 Å². The molecule has 1 aromatic heterocycles. The van der Waals surface area contributed by atoms with Gasteiger partial charge in [0.1, 0.15) is 11.4 Å². The van der Waals surface area contributed by atoms with Crippen molar-refractivity contribution < 1.29 is 9.90 Å². The lowest BCUT2D eigenvalue weighted by Crippen LogP contribution is -2.09. The maximum Gasteiger partial charge on any atom is 0.339 e. The zero-order valence-electron chi connectivity index (χ0n) is 7.03. The van der Waals surface area contributed by atoms with Crippen molar-refractivity contribution in [1.82, 2.24) is 4.98 Å². The van der Waals surface area contributed by atoms with Crippen LogP contribution in [0.3, 0.4) is 0 Å². The van der Waals surface area contributed by atoms with Gasteiger partial charge in [0.2, 0.25) is 0 Å². The number of hydrogen-bond acceptors (Lipinski definition) is 3. The molecule has 0 saturated heterocycles. The van der Waals surface area contributed by atoms with Crippen molar-refractivity contribution in [2.75, 3.05) is 5.32 Å². The zero-order chi connectivity index (χ0) is 9.26. The predicted octanol–water partition coefficient (Wildman–Crippen LogP) is 1.35. The highest BCUT2D eigenvalue weighted by Crippen LogP contribution is 2.25. The first kappa shape index (κ1) is 8.04. The summed E-state index contributed by atoms with van der Waals surface area (Å²) in [6, 6.07) is 3.61. The van der Waals surface area contributed by atoms with Crippen LogP contribution in [0.5, 0.6) is 0 Å². The fourth-order valence-corrected chi connectivity index (χ4v) is 1.11. The SMILES string of the molecule is O=C(O)c1cccnc1NC1CC1. The van der Waals surface area contributed by atoms with Crippen LogP contribution < -0.4 is 5.32 Å². The first-order chi connectivity index (χ1) is 6.27. The first-order valence-corrected chi connectivity index (χ1v) is 4.22. The van der Waals surface area contributed by atoms with Crippen molar-refractivity contribution in [3.05, 3.63) is 23.9 Å². The largest absolute Gasteiger partial charge is 0.478 e. The fourth-order valence-electron chi connectivity index (χ4n) is 1.11. The Bertz CT molecular complexity index is 334. The highest BCUT2D eigenvalue weighted by Gasteiger charge is 2.23. The van der Waals surface area contributed by atoms with Gasteiger partial charge >= 0.3 is 5.97 Å². The smallest absolute Gasteiger partial charge is 0.339 e. The van der Waals surface area contributed by atoms with Gasteiger partial charge in [-0.1, -0.05) is 0 Å². The van der Waals surface area contributed by atoms with E-state index in [1.807, 2.05) is 0 Å². The van der Waals surface area contributed by atoms with E-state index in [1.54, 1.807) is 18.3 Å². The summed E-state index contributed by atoms with van der Waals surface area (Å²) in [5.41, 5.74) is 0.245. The maximum absolute atomic E-state index is 10.7. The summed E-state index contributed by atoms with van der Waals surface area (Å²) in [5, 5.41) is 11.9. The number of hydrogen-bond donors (Lipinski definition) is 2. The van der Waals surface area contributed by atoms with Crippen molar-refractivity contribution >= 4 is 11.8 Å². The third kappa shape index (κ3) is 1.77. The number of carbonyl (C=O) groups is 1. The Morgan fingerprint density at radius 3 is 3.00 bits per heavy atom. The van der Waals surface area contributed by atoms with Crippen LogP contribution in [0.1, 0.15) is 23.2 Å². The Kier molecular flexibility index (Phi) is 1.88. The molecule has 1 fully saturated rings. The predicted molar refractivity (Wildman–Crippen MR) is 47.8 cm³/mol. The molecule has 0 atom stereocenters. The third-order valence-electron chi connectivity index (χ3n) is 1.96. The average molecular weight is 178 g/mol. The lowest BCUT2D eigenvalue weighted by molar-refractivity contribution is 0.0697. The van der Waals surface area contributed by atoms with Gasteiger partial charge in [0, 0.05) is 12.2 Å². The molecule has 4 heteroatoms. The molecular formula is C9H10N2O2. The van der Waals surface area contributed by atoms with Gasteiger partial charge in [0.15, 0.2) is 0 Å². The van der Waals surface area contributed by atoms with E-state index in [4.69, 9.17) is 5.11 Å². The maximum atomic E-state index is 10.7. The minimum Gasteiger partial charge on any atom is -0.478 e. The van der Waals surface area contributed by atoms with Gasteiger partial charge in [-0.15, -0.1) is 0 Å². The molecule has 1 heterocycles. The van der Waals surface area contributed by atoms with Gasteiger partial charge < -0.3 is 10.4 Å². The lowest BCUT2D eigenvalue weighted by Gasteiger charge is -2.05. The molecule has 13 heavy (non-hydrogen) atoms. The Morgan fingerprint density at radius 1 is 1.62 bits per heavy atom. The number of nitrogens with zero attached hydrogens (tertiary/aromatic N) is 1. The molecule has 1 aromatic rings. The number of aromatic carboxylic acids is 1. The molecule has 0 aromatic carbocycles. The minimum absolute atomic E-state index is 0.245. The number of anilines is 1. The summed E-state index contributed by atoms with van der Waals surface area (Å²) < 4.78 is 0. The Balaban J connectivity index is 2.25. The van der Waals surface area contributed by atoms with E-state index in [0.29, 0.717) is 11.9 Å². The van der Waals surface area contributed by atoms with E-state index in [2.05, 4.69) is 10.3 Å². The Morgan fingerprint density at radius 2 is 2.38 bits per heavy atom. The number of carboxylic acids is 1. The summed E-state index contributed by atoms with van der Waals surface area (Å²) in [4.78, 5) is 14.7. The number of carboxylic acid groups (broad SMARTS) is 1. The van der Waals surface area contributed by atoms with E-state index >= 15 is 0 Å². The highest BCUT2D eigenvalue weighted by molar-refractivity contribution is 5.93. The molecule has 68 valence electrons. The van der Waals surface area contributed by atoms with Crippen molar-refractivity contribution in [2.45, 2.75) is 18.9 Å². The molecule has 2 rings (SSSR count). The molecule has 2 N–H and O–H groups in total. The normalized spacial score (nSPS) is 15.4. The third-order valence-corrected chi connectivity index (χ3v) is 1.96.